The van der Waals surface area contributed by atoms with Crippen molar-refractivity contribution in [1.82, 2.24) is 58.5 Å². The molecule has 0 bridgehead atoms. The van der Waals surface area contributed by atoms with Gasteiger partial charge in [0.05, 0.1) is 18.8 Å². The molecule has 0 spiro atoms. The molecule has 1 heterocycles. The number of carbonyl (C=O) groups excluding carboxylic acids is 11. The van der Waals surface area contributed by atoms with Crippen molar-refractivity contribution < 1.29 is 63.0 Å². The van der Waals surface area contributed by atoms with E-state index in [9.17, 15) is 63.0 Å². The molecule has 23 N–H and O–H groups in total. The standard InChI is InChI=1S/C55H96N16O13S2/c1-30(2)12-10-11-25-85-86-29-42(62-43(74)28-60)53(82)71-45(33(6)73)55(84)67-37(17-22-58)47(76)66-39-19-24-61-54(83)44(32(5)72)70-50(79)38(18-23-59)64-46(75)35(15-20-56)65-51(80)40(26-31(3)4)68-52(81)41(27-34-13-8-7-9-14-34)69-48(77)36(16-21-57)63-49(39)78/h7-9,13-14,30-33,35-42,44-45,72-73H,10-12,15-29,56-60H2,1-6H3,(H,61,83)(H,62,74)(H,63,78)(H,64,75)(H,65,80)(H,66,76)(H,67,84)(H,68,81)(H,69,77)(H,70,79)(H,71,82)/t32-,33-,35+,36+,37+,38+,39+,40+,41-,42-,44+,45+/m1/s1. The van der Waals surface area contributed by atoms with Crippen molar-refractivity contribution >= 4 is 86.6 Å². The molecule has 29 nitrogen and oxygen atoms in total. The average Bonchev–Trinajstić information content (AvgIpc) is 3.66. The van der Waals surface area contributed by atoms with Gasteiger partial charge in [0, 0.05) is 24.5 Å². The SMILES string of the molecule is CC(C)CCCCSSC[C@@H](NC(=O)CN)C(=O)N[C@H](C(=O)N[C@@H](CCN)C(=O)N[C@H]1CCNC(=O)[C@H]([C@@H](C)O)NC(=O)[C@H](CCN)NC(=O)[C@H](CCN)NC(=O)[C@H](CC(C)C)NC(=O)[C@@H](Cc2ccccc2)NC(=O)[C@H](CCN)NC1=O)[C@@H](C)O. The molecule has 0 aromatic heterocycles. The van der Waals surface area contributed by atoms with Crippen LogP contribution in [-0.4, -0.2) is 199 Å². The number of aliphatic hydroxyl groups is 2. The molecule has 1 fully saturated rings. The summed E-state index contributed by atoms with van der Waals surface area (Å²) in [5, 5.41) is 49.6. The summed E-state index contributed by atoms with van der Waals surface area (Å²) in [6.45, 7) is 8.65. The lowest BCUT2D eigenvalue weighted by atomic mass is 10.00. The number of amides is 11. The Morgan fingerprint density at radius 1 is 0.570 bits per heavy atom. The zero-order valence-electron chi connectivity index (χ0n) is 50.3. The fourth-order valence-corrected chi connectivity index (χ4v) is 11.1. The summed E-state index contributed by atoms with van der Waals surface area (Å²) in [4.78, 5) is 154. The molecule has 1 saturated heterocycles. The van der Waals surface area contributed by atoms with E-state index in [1.165, 1.54) is 35.4 Å². The molecule has 0 unspecified atom stereocenters. The molecule has 1 aromatic rings. The first kappa shape index (κ1) is 75.9. The Morgan fingerprint density at radius 3 is 1.63 bits per heavy atom. The molecule has 1 aromatic carbocycles. The third-order valence-electron chi connectivity index (χ3n) is 13.5. The lowest BCUT2D eigenvalue weighted by molar-refractivity contribution is -0.136. The van der Waals surface area contributed by atoms with Gasteiger partial charge in [-0.15, -0.1) is 0 Å². The molecular formula is C55H96N16O13S2. The van der Waals surface area contributed by atoms with E-state index in [2.05, 4.69) is 72.3 Å². The van der Waals surface area contributed by atoms with Gasteiger partial charge < -0.3 is 97.4 Å². The van der Waals surface area contributed by atoms with Crippen LogP contribution in [0.1, 0.15) is 105 Å². The molecule has 1 aliphatic rings. The highest BCUT2D eigenvalue weighted by molar-refractivity contribution is 8.76. The number of nitrogens with two attached hydrogens (primary N) is 5. The van der Waals surface area contributed by atoms with E-state index in [0.717, 1.165) is 25.0 Å². The fourth-order valence-electron chi connectivity index (χ4n) is 8.76. The lowest BCUT2D eigenvalue weighted by Gasteiger charge is -2.29. The van der Waals surface area contributed by atoms with Crippen LogP contribution in [0.25, 0.3) is 0 Å². The van der Waals surface area contributed by atoms with Crippen molar-refractivity contribution in [3.05, 3.63) is 35.9 Å². The number of carbonyl (C=O) groups is 11. The molecule has 0 saturated carbocycles. The van der Waals surface area contributed by atoms with E-state index in [-0.39, 0.29) is 76.4 Å². The van der Waals surface area contributed by atoms with Crippen molar-refractivity contribution in [3.63, 3.8) is 0 Å². The van der Waals surface area contributed by atoms with Crippen molar-refractivity contribution in [1.29, 1.82) is 0 Å². The maximum Gasteiger partial charge on any atom is 0.245 e. The Kier molecular flexibility index (Phi) is 36.2. The van der Waals surface area contributed by atoms with Gasteiger partial charge in [-0.1, -0.05) is 92.5 Å². The Morgan fingerprint density at radius 2 is 1.10 bits per heavy atom. The molecule has 1 aliphatic heterocycles. The van der Waals surface area contributed by atoms with Crippen molar-refractivity contribution in [3.8, 4) is 0 Å². The van der Waals surface area contributed by atoms with Crippen molar-refractivity contribution in [2.24, 2.45) is 40.5 Å². The number of unbranched alkanes of at least 4 members (excludes halogenated alkanes) is 1. The summed E-state index contributed by atoms with van der Waals surface area (Å²) in [6, 6.07) is -6.26. The van der Waals surface area contributed by atoms with Crippen molar-refractivity contribution in [2.45, 2.75) is 178 Å². The molecule has 31 heteroatoms. The molecule has 2 rings (SSSR count). The second-order valence-corrected chi connectivity index (χ2v) is 24.5. The van der Waals surface area contributed by atoms with Crippen LogP contribution >= 0.6 is 21.6 Å². The first-order chi connectivity index (χ1) is 40.8. The number of hydrogen-bond donors (Lipinski definition) is 18. The van der Waals surface area contributed by atoms with Crippen molar-refractivity contribution in [2.75, 3.05) is 50.8 Å². The van der Waals surface area contributed by atoms with Crippen LogP contribution in [0.4, 0.5) is 0 Å². The summed E-state index contributed by atoms with van der Waals surface area (Å²) < 4.78 is 0. The zero-order valence-corrected chi connectivity index (χ0v) is 51.9. The summed E-state index contributed by atoms with van der Waals surface area (Å²) in [5.41, 5.74) is 29.7. The number of nitrogens with one attached hydrogen (secondary N) is 11. The molecule has 486 valence electrons. The number of benzene rings is 1. The molecule has 12 atom stereocenters. The third kappa shape index (κ3) is 28.1. The van der Waals surface area contributed by atoms with E-state index in [1.54, 1.807) is 44.2 Å². The van der Waals surface area contributed by atoms with Gasteiger partial charge in [-0.2, -0.15) is 0 Å². The first-order valence-electron chi connectivity index (χ1n) is 29.3. The monoisotopic (exact) mass is 1250 g/mol. The zero-order chi connectivity index (χ0) is 64.5. The smallest absolute Gasteiger partial charge is 0.245 e. The highest BCUT2D eigenvalue weighted by Crippen LogP contribution is 2.24. The van der Waals surface area contributed by atoms with E-state index in [1.807, 2.05) is 0 Å². The number of aliphatic hydroxyl groups excluding tert-OH is 2. The predicted molar refractivity (Wildman–Crippen MR) is 327 cm³/mol. The molecule has 86 heavy (non-hydrogen) atoms. The number of hydrogen-bond acceptors (Lipinski definition) is 20. The molecule has 11 amide bonds. The van der Waals surface area contributed by atoms with E-state index < -0.39 is 157 Å². The van der Waals surface area contributed by atoms with Gasteiger partial charge in [-0.05, 0) is 102 Å². The minimum Gasteiger partial charge on any atom is -0.391 e. The highest BCUT2D eigenvalue weighted by Gasteiger charge is 2.37. The normalized spacial score (nSPS) is 22.5. The van der Waals surface area contributed by atoms with Gasteiger partial charge in [-0.3, -0.25) is 52.7 Å². The second-order valence-electron chi connectivity index (χ2n) is 21.9. The fraction of sp³-hybridized carbons (Fsp3) is 0.691. The van der Waals surface area contributed by atoms with E-state index in [0.29, 0.717) is 11.5 Å². The summed E-state index contributed by atoms with van der Waals surface area (Å²) >= 11 is 0. The van der Waals surface area contributed by atoms with Gasteiger partial charge in [0.15, 0.2) is 0 Å². The Hall–Kier alpha value is -6.19. The maximum absolute atomic E-state index is 14.6. The largest absolute Gasteiger partial charge is 0.391 e. The van der Waals surface area contributed by atoms with Crippen LogP contribution in [-0.2, 0) is 59.2 Å². The van der Waals surface area contributed by atoms with Crippen LogP contribution in [0.3, 0.4) is 0 Å². The second kappa shape index (κ2) is 41.1. The highest BCUT2D eigenvalue weighted by atomic mass is 33.1. The Bertz CT molecular complexity index is 2340. The third-order valence-corrected chi connectivity index (χ3v) is 16.0. The van der Waals surface area contributed by atoms with Crippen LogP contribution in [0, 0.1) is 11.8 Å². The Balaban J connectivity index is 2.68. The summed E-state index contributed by atoms with van der Waals surface area (Å²) in [5.74, 6) is -8.80. The first-order valence-corrected chi connectivity index (χ1v) is 31.7. The quantitative estimate of drug-likeness (QED) is 0.0253. The maximum atomic E-state index is 14.6. The topological polar surface area (TPSA) is 491 Å². The molecular weight excluding hydrogens is 1160 g/mol. The minimum absolute atomic E-state index is 0.0443. The predicted octanol–water partition coefficient (Wildman–Crippen LogP) is -5.03. The summed E-state index contributed by atoms with van der Waals surface area (Å²) in [6.07, 6.45) is -1.49. The number of rotatable bonds is 30. The Labute approximate surface area is 511 Å². The van der Waals surface area contributed by atoms with E-state index >= 15 is 0 Å². The van der Waals surface area contributed by atoms with Crippen LogP contribution in [0.2, 0.25) is 0 Å². The molecule has 0 aliphatic carbocycles. The average molecular weight is 1250 g/mol. The van der Waals surface area contributed by atoms with Gasteiger partial charge in [0.1, 0.15) is 60.4 Å². The van der Waals surface area contributed by atoms with Crippen LogP contribution in [0.5, 0.6) is 0 Å². The lowest BCUT2D eigenvalue weighted by Crippen LogP contribution is -2.62. The van der Waals surface area contributed by atoms with Gasteiger partial charge in [-0.25, -0.2) is 0 Å². The summed E-state index contributed by atoms with van der Waals surface area (Å²) in [7, 11) is 2.82. The minimum atomic E-state index is -1.71. The van der Waals surface area contributed by atoms with E-state index in [4.69, 9.17) is 28.7 Å². The molecule has 0 radical (unpaired) electrons. The van der Waals surface area contributed by atoms with Gasteiger partial charge >= 0.3 is 0 Å². The van der Waals surface area contributed by atoms with Gasteiger partial charge in [0.2, 0.25) is 65.0 Å². The van der Waals surface area contributed by atoms with Gasteiger partial charge in [0.25, 0.3) is 0 Å². The van der Waals surface area contributed by atoms with Crippen LogP contribution in [0.15, 0.2) is 30.3 Å². The van der Waals surface area contributed by atoms with Crippen LogP contribution < -0.4 is 87.2 Å².